The van der Waals surface area contributed by atoms with Gasteiger partial charge in [0, 0.05) is 0 Å². The van der Waals surface area contributed by atoms with E-state index >= 15 is 0 Å². The lowest BCUT2D eigenvalue weighted by Gasteiger charge is -2.06. The van der Waals surface area contributed by atoms with Gasteiger partial charge in [0.2, 0.25) is 0 Å². The van der Waals surface area contributed by atoms with Crippen molar-refractivity contribution in [3.8, 4) is 5.69 Å². The van der Waals surface area contributed by atoms with Crippen LogP contribution in [0.5, 0.6) is 0 Å². The minimum Gasteiger partial charge on any atom is -0.477 e. The summed E-state index contributed by atoms with van der Waals surface area (Å²) in [6.45, 7) is 3.95. The van der Waals surface area contributed by atoms with Crippen LogP contribution < -0.4 is 0 Å². The highest BCUT2D eigenvalue weighted by Crippen LogP contribution is 2.15. The van der Waals surface area contributed by atoms with Crippen LogP contribution in [0.25, 0.3) is 5.69 Å². The zero-order valence-electron chi connectivity index (χ0n) is 9.14. The van der Waals surface area contributed by atoms with Crippen LogP contribution in [-0.4, -0.2) is 20.9 Å². The van der Waals surface area contributed by atoms with E-state index in [1.165, 1.54) is 16.9 Å². The summed E-state index contributed by atoms with van der Waals surface area (Å²) in [5, 5.41) is 13.0. The summed E-state index contributed by atoms with van der Waals surface area (Å²) in [6, 6.07) is 7.34. The standard InChI is InChI=1S/C12H12N2O2/c1-8-5-9(2)7-10(6-8)14-11(12(15)16)3-4-13-14/h3-7H,1-2H3,(H,15,16). The van der Waals surface area contributed by atoms with Gasteiger partial charge in [0.15, 0.2) is 5.69 Å². The van der Waals surface area contributed by atoms with Crippen LogP contribution in [0, 0.1) is 13.8 Å². The van der Waals surface area contributed by atoms with Crippen LogP contribution in [0.15, 0.2) is 30.5 Å². The van der Waals surface area contributed by atoms with E-state index in [4.69, 9.17) is 5.11 Å². The van der Waals surface area contributed by atoms with Crippen molar-refractivity contribution < 1.29 is 9.90 Å². The summed E-state index contributed by atoms with van der Waals surface area (Å²) < 4.78 is 1.43. The van der Waals surface area contributed by atoms with Gasteiger partial charge in [0.1, 0.15) is 0 Å². The summed E-state index contributed by atoms with van der Waals surface area (Å²) in [5.41, 5.74) is 3.12. The molecule has 0 bridgehead atoms. The summed E-state index contributed by atoms with van der Waals surface area (Å²) in [4.78, 5) is 11.0. The van der Waals surface area contributed by atoms with E-state index in [1.807, 2.05) is 32.0 Å². The summed E-state index contributed by atoms with van der Waals surface area (Å²) in [7, 11) is 0. The first-order valence-electron chi connectivity index (χ1n) is 4.94. The molecule has 16 heavy (non-hydrogen) atoms. The van der Waals surface area contributed by atoms with Gasteiger partial charge >= 0.3 is 5.97 Å². The number of carboxylic acid groups (broad SMARTS) is 1. The molecule has 0 radical (unpaired) electrons. The number of carbonyl (C=O) groups is 1. The van der Waals surface area contributed by atoms with Gasteiger partial charge in [-0.15, -0.1) is 0 Å². The van der Waals surface area contributed by atoms with E-state index in [-0.39, 0.29) is 5.69 Å². The number of benzene rings is 1. The number of aromatic nitrogens is 2. The van der Waals surface area contributed by atoms with Crippen molar-refractivity contribution in [2.75, 3.05) is 0 Å². The van der Waals surface area contributed by atoms with E-state index in [2.05, 4.69) is 5.10 Å². The molecule has 0 unspecified atom stereocenters. The fraction of sp³-hybridized carbons (Fsp3) is 0.167. The molecule has 0 fully saturated rings. The molecule has 0 aliphatic carbocycles. The van der Waals surface area contributed by atoms with Crippen molar-refractivity contribution in [2.45, 2.75) is 13.8 Å². The highest BCUT2D eigenvalue weighted by Gasteiger charge is 2.11. The monoisotopic (exact) mass is 216 g/mol. The molecule has 0 atom stereocenters. The summed E-state index contributed by atoms with van der Waals surface area (Å²) >= 11 is 0. The van der Waals surface area contributed by atoms with Crippen LogP contribution in [0.2, 0.25) is 0 Å². The lowest BCUT2D eigenvalue weighted by molar-refractivity contribution is 0.0687. The van der Waals surface area contributed by atoms with Crippen LogP contribution in [-0.2, 0) is 0 Å². The number of aryl methyl sites for hydroxylation is 2. The minimum absolute atomic E-state index is 0.171. The predicted molar refractivity (Wildman–Crippen MR) is 60.0 cm³/mol. The molecular formula is C12H12N2O2. The van der Waals surface area contributed by atoms with E-state index in [9.17, 15) is 4.79 Å². The van der Waals surface area contributed by atoms with Gasteiger partial charge in [-0.3, -0.25) is 0 Å². The molecule has 2 aromatic rings. The topological polar surface area (TPSA) is 55.1 Å². The first-order valence-corrected chi connectivity index (χ1v) is 4.94. The Bertz CT molecular complexity index is 523. The Morgan fingerprint density at radius 3 is 2.44 bits per heavy atom. The third-order valence-corrected chi connectivity index (χ3v) is 2.31. The first-order chi connectivity index (χ1) is 7.58. The van der Waals surface area contributed by atoms with E-state index in [1.54, 1.807) is 0 Å². The van der Waals surface area contributed by atoms with Crippen LogP contribution in [0.3, 0.4) is 0 Å². The van der Waals surface area contributed by atoms with Crippen LogP contribution >= 0.6 is 0 Å². The first kappa shape index (κ1) is 10.4. The number of hydrogen-bond acceptors (Lipinski definition) is 2. The molecule has 0 aliphatic heterocycles. The van der Waals surface area contributed by atoms with Gasteiger partial charge in [-0.25, -0.2) is 9.48 Å². The van der Waals surface area contributed by atoms with Gasteiger partial charge in [0.05, 0.1) is 11.9 Å². The molecule has 0 saturated carbocycles. The zero-order chi connectivity index (χ0) is 11.7. The summed E-state index contributed by atoms with van der Waals surface area (Å²) in [5.74, 6) is -0.975. The summed E-state index contributed by atoms with van der Waals surface area (Å²) in [6.07, 6.45) is 1.49. The number of aromatic carboxylic acids is 1. The molecule has 0 spiro atoms. The minimum atomic E-state index is -0.975. The molecule has 4 nitrogen and oxygen atoms in total. The maximum absolute atomic E-state index is 11.0. The molecule has 82 valence electrons. The fourth-order valence-electron chi connectivity index (χ4n) is 1.74. The second kappa shape index (κ2) is 3.81. The average molecular weight is 216 g/mol. The Labute approximate surface area is 93.1 Å². The normalized spacial score (nSPS) is 10.4. The van der Waals surface area contributed by atoms with E-state index < -0.39 is 5.97 Å². The maximum Gasteiger partial charge on any atom is 0.354 e. The van der Waals surface area contributed by atoms with Gasteiger partial charge in [0.25, 0.3) is 0 Å². The third kappa shape index (κ3) is 1.82. The quantitative estimate of drug-likeness (QED) is 0.837. The van der Waals surface area contributed by atoms with Crippen molar-refractivity contribution >= 4 is 5.97 Å². The Kier molecular flexibility index (Phi) is 2.48. The number of nitrogens with zero attached hydrogens (tertiary/aromatic N) is 2. The molecule has 1 aromatic heterocycles. The highest BCUT2D eigenvalue weighted by molar-refractivity contribution is 5.86. The predicted octanol–water partition coefficient (Wildman–Crippen LogP) is 2.19. The average Bonchev–Trinajstić information content (AvgIpc) is 2.63. The van der Waals surface area contributed by atoms with Gasteiger partial charge in [-0.1, -0.05) is 6.07 Å². The van der Waals surface area contributed by atoms with Crippen molar-refractivity contribution in [3.05, 3.63) is 47.3 Å². The second-order valence-corrected chi connectivity index (χ2v) is 3.78. The SMILES string of the molecule is Cc1cc(C)cc(-n2nccc2C(=O)O)c1. The van der Waals surface area contributed by atoms with E-state index in [0.29, 0.717) is 0 Å². The van der Waals surface area contributed by atoms with E-state index in [0.717, 1.165) is 16.8 Å². The van der Waals surface area contributed by atoms with Crippen molar-refractivity contribution in [3.63, 3.8) is 0 Å². The molecule has 0 aliphatic rings. The molecule has 2 rings (SSSR count). The molecule has 1 N–H and O–H groups in total. The van der Waals surface area contributed by atoms with Crippen molar-refractivity contribution in [1.82, 2.24) is 9.78 Å². The van der Waals surface area contributed by atoms with Gasteiger partial charge in [-0.2, -0.15) is 5.10 Å². The molecule has 4 heteroatoms. The highest BCUT2D eigenvalue weighted by atomic mass is 16.4. The number of rotatable bonds is 2. The maximum atomic E-state index is 11.0. The molecule has 0 amide bonds. The fourth-order valence-corrected chi connectivity index (χ4v) is 1.74. The van der Waals surface area contributed by atoms with Gasteiger partial charge in [-0.05, 0) is 43.2 Å². The van der Waals surface area contributed by atoms with Crippen molar-refractivity contribution in [1.29, 1.82) is 0 Å². The molecule has 1 aromatic carbocycles. The number of hydrogen-bond donors (Lipinski definition) is 1. The lowest BCUT2D eigenvalue weighted by atomic mass is 10.1. The third-order valence-electron chi connectivity index (χ3n) is 2.31. The lowest BCUT2D eigenvalue weighted by Crippen LogP contribution is -2.08. The Balaban J connectivity index is 2.58. The van der Waals surface area contributed by atoms with Crippen molar-refractivity contribution in [2.24, 2.45) is 0 Å². The van der Waals surface area contributed by atoms with Gasteiger partial charge < -0.3 is 5.11 Å². The number of carboxylic acids is 1. The smallest absolute Gasteiger partial charge is 0.354 e. The Hall–Kier alpha value is -2.10. The Morgan fingerprint density at radius 2 is 1.88 bits per heavy atom. The van der Waals surface area contributed by atoms with Crippen LogP contribution in [0.1, 0.15) is 21.6 Å². The second-order valence-electron chi connectivity index (χ2n) is 3.78. The van der Waals surface area contributed by atoms with Crippen LogP contribution in [0.4, 0.5) is 0 Å². The molecular weight excluding hydrogens is 204 g/mol. The largest absolute Gasteiger partial charge is 0.477 e. The zero-order valence-corrected chi connectivity index (χ0v) is 9.14. The Morgan fingerprint density at radius 1 is 1.25 bits per heavy atom. The molecule has 1 heterocycles. The molecule has 0 saturated heterocycles.